The highest BCUT2D eigenvalue weighted by molar-refractivity contribution is 8.76. The van der Waals surface area contributed by atoms with Gasteiger partial charge in [0.15, 0.2) is 5.79 Å². The van der Waals surface area contributed by atoms with Gasteiger partial charge in [0.2, 0.25) is 0 Å². The molecule has 72 heavy (non-hydrogen) atoms. The molecule has 0 amide bonds. The number of hydrogen-bond acceptors (Lipinski definition) is 16. The van der Waals surface area contributed by atoms with Gasteiger partial charge in [-0.05, 0) is 31.7 Å². The van der Waals surface area contributed by atoms with Crippen LogP contribution in [0, 0.1) is 5.92 Å². The topological polar surface area (TPSA) is 187 Å². The van der Waals surface area contributed by atoms with Crippen LogP contribution >= 0.6 is 21.6 Å². The second-order valence-electron chi connectivity index (χ2n) is 19.3. The SMILES string of the molecule is CCCCCCCCCCCCCC(=O)OCC(CC(C(=O)CCC(=O)OO)C1OC(C)(CC)OC1COC(=O)CCC(=O)OCCSSCc1ccccc1)OC(=O)CCCCCCCCCCCCC. The highest BCUT2D eigenvalue weighted by Crippen LogP contribution is 2.38. The van der Waals surface area contributed by atoms with Crippen molar-refractivity contribution in [3.8, 4) is 0 Å². The number of carbonyl (C=O) groups excluding carboxylic acids is 6. The molecule has 0 spiro atoms. The van der Waals surface area contributed by atoms with Gasteiger partial charge in [-0.15, -0.1) is 0 Å². The largest absolute Gasteiger partial charge is 0.465 e. The van der Waals surface area contributed by atoms with E-state index in [9.17, 15) is 28.8 Å². The third-order valence-electron chi connectivity index (χ3n) is 13.0. The molecule has 0 aliphatic carbocycles. The van der Waals surface area contributed by atoms with Gasteiger partial charge in [0.1, 0.15) is 43.9 Å². The fourth-order valence-electron chi connectivity index (χ4n) is 8.58. The minimum Gasteiger partial charge on any atom is -0.465 e. The molecule has 2 rings (SSSR count). The van der Waals surface area contributed by atoms with Gasteiger partial charge < -0.3 is 33.3 Å². The van der Waals surface area contributed by atoms with Gasteiger partial charge in [0.25, 0.3) is 0 Å². The maximum Gasteiger partial charge on any atom is 0.342 e. The van der Waals surface area contributed by atoms with Crippen LogP contribution in [0.15, 0.2) is 30.3 Å². The first-order chi connectivity index (χ1) is 34.9. The lowest BCUT2D eigenvalue weighted by molar-refractivity contribution is -0.234. The van der Waals surface area contributed by atoms with E-state index in [1.807, 2.05) is 25.1 Å². The van der Waals surface area contributed by atoms with Crippen molar-refractivity contribution >= 4 is 57.2 Å². The monoisotopic (exact) mass is 1050 g/mol. The van der Waals surface area contributed by atoms with Gasteiger partial charge in [-0.3, -0.25) is 24.0 Å². The molecule has 1 aliphatic rings. The molecule has 0 bridgehead atoms. The number of unbranched alkanes of at least 4 members (excludes halogenated alkanes) is 20. The molecular formula is C56H92O14S2. The lowest BCUT2D eigenvalue weighted by Crippen LogP contribution is -2.42. The van der Waals surface area contributed by atoms with E-state index in [2.05, 4.69) is 30.9 Å². The predicted molar refractivity (Wildman–Crippen MR) is 284 cm³/mol. The molecule has 1 aliphatic heterocycles. The molecule has 5 atom stereocenters. The number of ketones is 1. The normalized spacial score (nSPS) is 17.2. The van der Waals surface area contributed by atoms with Gasteiger partial charge in [-0.2, -0.15) is 5.26 Å². The van der Waals surface area contributed by atoms with E-state index in [-0.39, 0.29) is 58.3 Å². The Balaban J connectivity index is 2.08. The summed E-state index contributed by atoms with van der Waals surface area (Å²) in [4.78, 5) is 82.0. The number of carbonyl (C=O) groups is 6. The first-order valence-corrected chi connectivity index (χ1v) is 30.1. The zero-order chi connectivity index (χ0) is 52.5. The molecule has 16 heteroatoms. The summed E-state index contributed by atoms with van der Waals surface area (Å²) < 4.78 is 35.4. The third kappa shape index (κ3) is 32.2. The van der Waals surface area contributed by atoms with E-state index < -0.39 is 72.1 Å². The minimum atomic E-state index is -1.20. The summed E-state index contributed by atoms with van der Waals surface area (Å²) >= 11 is 0. The van der Waals surface area contributed by atoms with Gasteiger partial charge in [0.05, 0.1) is 25.2 Å². The number of Topliss-reactive ketones (excluding diaryl/α,β-unsaturated/α-hetero) is 1. The minimum absolute atomic E-state index is 0.150. The average Bonchev–Trinajstić information content (AvgIpc) is 3.73. The summed E-state index contributed by atoms with van der Waals surface area (Å²) in [5.74, 6) is -4.52. The number of esters is 4. The van der Waals surface area contributed by atoms with E-state index in [0.29, 0.717) is 25.0 Å². The van der Waals surface area contributed by atoms with Crippen molar-refractivity contribution in [1.82, 2.24) is 0 Å². The highest BCUT2D eigenvalue weighted by atomic mass is 33.1. The Morgan fingerprint density at radius 3 is 1.62 bits per heavy atom. The van der Waals surface area contributed by atoms with Crippen molar-refractivity contribution in [3.05, 3.63) is 35.9 Å². The van der Waals surface area contributed by atoms with Crippen LogP contribution in [0.2, 0.25) is 0 Å². The molecule has 1 N–H and O–H groups in total. The van der Waals surface area contributed by atoms with Crippen LogP contribution in [-0.4, -0.2) is 90.6 Å². The van der Waals surface area contributed by atoms with E-state index in [1.165, 1.54) is 95.5 Å². The summed E-state index contributed by atoms with van der Waals surface area (Å²) in [5.41, 5.74) is 1.20. The number of benzene rings is 1. The van der Waals surface area contributed by atoms with Crippen LogP contribution in [0.4, 0.5) is 0 Å². The van der Waals surface area contributed by atoms with Crippen molar-refractivity contribution in [2.45, 2.75) is 250 Å². The lowest BCUT2D eigenvalue weighted by atomic mass is 9.86. The summed E-state index contributed by atoms with van der Waals surface area (Å²) in [5, 5.41) is 8.96. The second kappa shape index (κ2) is 42.1. The zero-order valence-corrected chi connectivity index (χ0v) is 46.1. The number of rotatable bonds is 46. The van der Waals surface area contributed by atoms with Crippen LogP contribution in [0.25, 0.3) is 0 Å². The van der Waals surface area contributed by atoms with Gasteiger partial charge in [-0.1, -0.05) is 201 Å². The molecule has 412 valence electrons. The molecule has 14 nitrogen and oxygen atoms in total. The summed E-state index contributed by atoms with van der Waals surface area (Å²) in [7, 11) is 3.26. The third-order valence-corrected chi connectivity index (χ3v) is 15.3. The van der Waals surface area contributed by atoms with Crippen molar-refractivity contribution in [2.75, 3.05) is 25.6 Å². The first kappa shape index (κ1) is 64.9. The smallest absolute Gasteiger partial charge is 0.342 e. The van der Waals surface area contributed by atoms with Crippen molar-refractivity contribution in [3.63, 3.8) is 0 Å². The summed E-state index contributed by atoms with van der Waals surface area (Å²) in [6, 6.07) is 10.1. The quantitative estimate of drug-likeness (QED) is 0.0162. The van der Waals surface area contributed by atoms with Crippen LogP contribution in [-0.2, 0) is 67.8 Å². The van der Waals surface area contributed by atoms with Crippen molar-refractivity contribution in [1.29, 1.82) is 0 Å². The summed E-state index contributed by atoms with van der Waals surface area (Å²) in [6.07, 6.45) is 21.1. The van der Waals surface area contributed by atoms with Crippen LogP contribution in [0.1, 0.15) is 226 Å². The van der Waals surface area contributed by atoms with Gasteiger partial charge in [-0.25, -0.2) is 4.79 Å². The molecule has 1 saturated heterocycles. The molecule has 1 fully saturated rings. The van der Waals surface area contributed by atoms with E-state index in [0.717, 1.165) is 44.3 Å². The molecular weight excluding hydrogens is 961 g/mol. The van der Waals surface area contributed by atoms with Crippen LogP contribution in [0.5, 0.6) is 0 Å². The van der Waals surface area contributed by atoms with E-state index in [4.69, 9.17) is 33.7 Å². The van der Waals surface area contributed by atoms with Gasteiger partial charge in [0, 0.05) is 37.2 Å². The highest BCUT2D eigenvalue weighted by Gasteiger charge is 2.50. The van der Waals surface area contributed by atoms with E-state index >= 15 is 0 Å². The van der Waals surface area contributed by atoms with Crippen LogP contribution in [0.3, 0.4) is 0 Å². The Hall–Kier alpha value is -3.18. The fourth-order valence-corrected chi connectivity index (χ4v) is 10.5. The van der Waals surface area contributed by atoms with Crippen molar-refractivity contribution in [2.24, 2.45) is 5.92 Å². The second-order valence-corrected chi connectivity index (χ2v) is 21.9. The Bertz CT molecular complexity index is 1610. The molecule has 0 saturated carbocycles. The van der Waals surface area contributed by atoms with E-state index in [1.54, 1.807) is 28.5 Å². The fraction of sp³-hybridized carbons (Fsp3) is 0.786. The molecule has 1 aromatic rings. The predicted octanol–water partition coefficient (Wildman–Crippen LogP) is 13.6. The zero-order valence-electron chi connectivity index (χ0n) is 44.5. The van der Waals surface area contributed by atoms with Crippen molar-refractivity contribution < 1.29 is 67.3 Å². The maximum atomic E-state index is 14.2. The molecule has 0 radical (unpaired) electrons. The molecule has 1 aromatic carbocycles. The Morgan fingerprint density at radius 2 is 1.08 bits per heavy atom. The maximum absolute atomic E-state index is 14.2. The Kier molecular flexibility index (Phi) is 38.0. The average molecular weight is 1050 g/mol. The molecule has 5 unspecified atom stereocenters. The summed E-state index contributed by atoms with van der Waals surface area (Å²) in [6.45, 7) is 7.53. The lowest BCUT2D eigenvalue weighted by Gasteiger charge is -2.29. The van der Waals surface area contributed by atoms with Crippen LogP contribution < -0.4 is 0 Å². The first-order valence-electron chi connectivity index (χ1n) is 27.6. The number of ether oxygens (including phenoxy) is 6. The molecule has 0 aromatic heterocycles. The number of hydrogen-bond donors (Lipinski definition) is 1. The molecule has 1 heterocycles. The van der Waals surface area contributed by atoms with Gasteiger partial charge >= 0.3 is 29.8 Å². The Labute approximate surface area is 440 Å². The Morgan fingerprint density at radius 1 is 0.583 bits per heavy atom. The standard InChI is InChI=1S/C56H92O14S2/c1-5-8-10-12-14-16-18-20-22-24-29-33-50(58)65-42-46(67-53(61)34-30-25-23-21-19-17-15-13-11-9-6-2)41-47(48(57)35-36-54(62)70-63)55-49(68-56(4,7-3)69-55)43-66-52(60)38-37-51(59)64-39-40-71-72-44-45-31-27-26-28-32-45/h26-28,31-32,46-47,49,55,63H,5-25,29-30,33-44H2,1-4H3.